The third-order valence-corrected chi connectivity index (χ3v) is 8.62. The molecule has 1 aromatic carbocycles. The fourth-order valence-electron chi connectivity index (χ4n) is 6.56. The van der Waals surface area contributed by atoms with Gasteiger partial charge in [0.05, 0.1) is 36.4 Å². The Morgan fingerprint density at radius 1 is 1.26 bits per heavy atom. The lowest BCUT2D eigenvalue weighted by molar-refractivity contribution is -0.212. The maximum absolute atomic E-state index is 13.2. The molecule has 5 aliphatic rings. The first-order valence-corrected chi connectivity index (χ1v) is 13.2. The van der Waals surface area contributed by atoms with Crippen molar-refractivity contribution in [2.24, 2.45) is 5.92 Å². The highest BCUT2D eigenvalue weighted by atomic mass is 19.4. The average molecular weight is 544 g/mol. The Labute approximate surface area is 222 Å². The quantitative estimate of drug-likeness (QED) is 0.485. The molecule has 0 radical (unpaired) electrons. The number of carbonyl (C=O) groups excluding carboxylic acids is 1. The monoisotopic (exact) mass is 543 g/mol. The van der Waals surface area contributed by atoms with Crippen LogP contribution in [0.1, 0.15) is 49.6 Å². The molecule has 9 nitrogen and oxygen atoms in total. The number of fused-ring (bicyclic) bond motifs is 4. The third-order valence-electron chi connectivity index (χ3n) is 8.62. The van der Waals surface area contributed by atoms with Crippen LogP contribution in [0.2, 0.25) is 0 Å². The van der Waals surface area contributed by atoms with Crippen molar-refractivity contribution in [3.8, 4) is 5.75 Å². The Morgan fingerprint density at radius 2 is 2.05 bits per heavy atom. The molecule has 39 heavy (non-hydrogen) atoms. The molecule has 4 fully saturated rings. The molecule has 2 aromatic heterocycles. The molecule has 6 heterocycles. The van der Waals surface area contributed by atoms with Crippen molar-refractivity contribution in [3.63, 3.8) is 0 Å². The Balaban J connectivity index is 1.09. The van der Waals surface area contributed by atoms with E-state index in [0.29, 0.717) is 37.5 Å². The lowest BCUT2D eigenvalue weighted by Gasteiger charge is -2.45. The van der Waals surface area contributed by atoms with E-state index >= 15 is 0 Å². The SMILES string of the molecule is C[C@@H](Oc1ccc2ncc3c(c2c1)CCOC3)c1cn(C23CC(C)(C2)OC3C(=O)N2CC(C(F)(F)F)C2)nn1. The number of ether oxygens (including phenoxy) is 3. The van der Waals surface area contributed by atoms with E-state index in [-0.39, 0.29) is 13.1 Å². The number of amides is 1. The van der Waals surface area contributed by atoms with Crippen LogP contribution in [0.4, 0.5) is 13.2 Å². The summed E-state index contributed by atoms with van der Waals surface area (Å²) in [5, 5.41) is 9.70. The molecule has 1 unspecified atom stereocenters. The second-order valence-electron chi connectivity index (χ2n) is 11.5. The highest BCUT2D eigenvalue weighted by Gasteiger charge is 2.70. The molecule has 0 spiro atoms. The number of aromatic nitrogens is 4. The van der Waals surface area contributed by atoms with E-state index in [1.54, 1.807) is 10.9 Å². The molecule has 1 amide bonds. The van der Waals surface area contributed by atoms with Gasteiger partial charge in [0, 0.05) is 37.5 Å². The smallest absolute Gasteiger partial charge is 0.395 e. The number of nitrogens with zero attached hydrogens (tertiary/aromatic N) is 5. The molecule has 8 rings (SSSR count). The average Bonchev–Trinajstić information content (AvgIpc) is 3.53. The zero-order valence-corrected chi connectivity index (χ0v) is 21.6. The molecule has 4 aliphatic heterocycles. The van der Waals surface area contributed by atoms with Crippen molar-refractivity contribution in [2.45, 2.75) is 69.2 Å². The third kappa shape index (κ3) is 3.90. The number of halogens is 3. The van der Waals surface area contributed by atoms with Crippen molar-refractivity contribution >= 4 is 16.8 Å². The van der Waals surface area contributed by atoms with Crippen LogP contribution in [-0.4, -0.2) is 68.4 Å². The van der Waals surface area contributed by atoms with Gasteiger partial charge >= 0.3 is 6.18 Å². The molecular formula is C27H28F3N5O4. The number of benzene rings is 1. The van der Waals surface area contributed by atoms with Gasteiger partial charge < -0.3 is 19.1 Å². The summed E-state index contributed by atoms with van der Waals surface area (Å²) < 4.78 is 58.4. The van der Waals surface area contributed by atoms with Crippen LogP contribution < -0.4 is 4.74 Å². The van der Waals surface area contributed by atoms with Crippen LogP contribution in [-0.2, 0) is 32.8 Å². The minimum Gasteiger partial charge on any atom is -0.484 e. The maximum atomic E-state index is 13.2. The van der Waals surface area contributed by atoms with Gasteiger partial charge in [0.25, 0.3) is 5.91 Å². The van der Waals surface area contributed by atoms with Crippen molar-refractivity contribution in [2.75, 3.05) is 19.7 Å². The lowest BCUT2D eigenvalue weighted by atomic mass is 9.66. The van der Waals surface area contributed by atoms with Gasteiger partial charge in [-0.25, -0.2) is 4.68 Å². The van der Waals surface area contributed by atoms with E-state index < -0.39 is 41.3 Å². The summed E-state index contributed by atoms with van der Waals surface area (Å²) in [6, 6.07) is 5.80. The van der Waals surface area contributed by atoms with Gasteiger partial charge in [0.1, 0.15) is 23.1 Å². The van der Waals surface area contributed by atoms with Gasteiger partial charge in [0.2, 0.25) is 0 Å². The van der Waals surface area contributed by atoms with E-state index in [9.17, 15) is 18.0 Å². The Morgan fingerprint density at radius 3 is 2.82 bits per heavy atom. The van der Waals surface area contributed by atoms with Crippen LogP contribution in [0.15, 0.2) is 30.6 Å². The van der Waals surface area contributed by atoms with Gasteiger partial charge in [-0.05, 0) is 49.6 Å². The number of pyridine rings is 1. The van der Waals surface area contributed by atoms with E-state index in [1.807, 2.05) is 38.2 Å². The Hall–Kier alpha value is -3.25. The summed E-state index contributed by atoms with van der Waals surface area (Å²) in [4.78, 5) is 19.0. The zero-order chi connectivity index (χ0) is 27.2. The highest BCUT2D eigenvalue weighted by molar-refractivity contribution is 5.85. The normalized spacial score (nSPS) is 29.1. The fraction of sp³-hybridized carbons (Fsp3) is 0.556. The minimum absolute atomic E-state index is 0.333. The van der Waals surface area contributed by atoms with Crippen LogP contribution in [0.25, 0.3) is 10.9 Å². The topological polar surface area (TPSA) is 91.6 Å². The van der Waals surface area contributed by atoms with E-state index in [1.165, 1.54) is 10.5 Å². The molecule has 2 bridgehead atoms. The summed E-state index contributed by atoms with van der Waals surface area (Å²) in [7, 11) is 0. The van der Waals surface area contributed by atoms with Crippen LogP contribution in [0.3, 0.4) is 0 Å². The van der Waals surface area contributed by atoms with Gasteiger partial charge in [-0.1, -0.05) is 5.21 Å². The van der Waals surface area contributed by atoms with Crippen LogP contribution in [0, 0.1) is 5.92 Å². The van der Waals surface area contributed by atoms with Gasteiger partial charge in [0.15, 0.2) is 6.10 Å². The number of hydrogen-bond donors (Lipinski definition) is 0. The second-order valence-corrected chi connectivity index (χ2v) is 11.5. The number of rotatable bonds is 5. The molecule has 1 saturated carbocycles. The minimum atomic E-state index is -4.30. The van der Waals surface area contributed by atoms with Gasteiger partial charge in [-0.15, -0.1) is 5.10 Å². The van der Waals surface area contributed by atoms with E-state index in [4.69, 9.17) is 14.2 Å². The summed E-state index contributed by atoms with van der Waals surface area (Å²) in [6.07, 6.45) is -0.112. The predicted molar refractivity (Wildman–Crippen MR) is 131 cm³/mol. The molecule has 2 atom stereocenters. The van der Waals surface area contributed by atoms with Crippen molar-refractivity contribution in [1.82, 2.24) is 24.9 Å². The number of carbonyl (C=O) groups is 1. The van der Waals surface area contributed by atoms with Crippen LogP contribution in [0.5, 0.6) is 5.75 Å². The molecule has 206 valence electrons. The number of hydrogen-bond acceptors (Lipinski definition) is 7. The second kappa shape index (κ2) is 8.37. The maximum Gasteiger partial charge on any atom is 0.395 e. The zero-order valence-electron chi connectivity index (χ0n) is 21.6. The van der Waals surface area contributed by atoms with Crippen molar-refractivity contribution in [1.29, 1.82) is 0 Å². The Bertz CT molecular complexity index is 1460. The van der Waals surface area contributed by atoms with Crippen molar-refractivity contribution in [3.05, 3.63) is 47.4 Å². The van der Waals surface area contributed by atoms with Gasteiger partial charge in [-0.2, -0.15) is 13.2 Å². The molecule has 0 N–H and O–H groups in total. The fourth-order valence-corrected chi connectivity index (χ4v) is 6.56. The number of likely N-dealkylation sites (tertiary alicyclic amines) is 1. The summed E-state index contributed by atoms with van der Waals surface area (Å²) in [5.74, 6) is -1.23. The first-order valence-electron chi connectivity index (χ1n) is 13.2. The van der Waals surface area contributed by atoms with Crippen LogP contribution >= 0.6 is 0 Å². The number of alkyl halides is 3. The Kier molecular flexibility index (Phi) is 5.32. The first kappa shape index (κ1) is 24.8. The molecule has 1 aliphatic carbocycles. The molecule has 3 saturated heterocycles. The standard InChI is InChI=1S/C27H28F3N5O4/c1-15(38-18-3-4-21-20(7-18)19-5-6-37-12-16(19)8-31-21)22-11-35(33-32-22)26-13-25(2,14-26)39-23(26)24(36)34-9-17(10-34)27(28,29)30/h3-4,7-8,11,15,17,23H,5-6,9-10,12-14H2,1-2H3/t15-,23?,25?,26?/m1/s1. The predicted octanol–water partition coefficient (Wildman–Crippen LogP) is 3.71. The first-order chi connectivity index (χ1) is 18.5. The molecular weight excluding hydrogens is 515 g/mol. The largest absolute Gasteiger partial charge is 0.484 e. The van der Waals surface area contributed by atoms with E-state index in [2.05, 4.69) is 15.3 Å². The van der Waals surface area contributed by atoms with Crippen molar-refractivity contribution < 1.29 is 32.2 Å². The van der Waals surface area contributed by atoms with Gasteiger partial charge in [-0.3, -0.25) is 9.78 Å². The highest BCUT2D eigenvalue weighted by Crippen LogP contribution is 2.60. The summed E-state index contributed by atoms with van der Waals surface area (Å²) in [5.41, 5.74) is 2.52. The van der Waals surface area contributed by atoms with E-state index in [0.717, 1.165) is 22.9 Å². The summed E-state index contributed by atoms with van der Waals surface area (Å²) in [6.45, 7) is 4.35. The molecule has 3 aromatic rings. The summed E-state index contributed by atoms with van der Waals surface area (Å²) >= 11 is 0. The lowest BCUT2D eigenvalue weighted by Crippen LogP contribution is -2.61. The molecule has 12 heteroatoms.